The molecule has 0 aromatic heterocycles. The number of rotatable bonds is 4. The highest BCUT2D eigenvalue weighted by molar-refractivity contribution is 7.80. The summed E-state index contributed by atoms with van der Waals surface area (Å²) in [5, 5.41) is 6.10. The van der Waals surface area contributed by atoms with E-state index in [1.54, 1.807) is 0 Å². The van der Waals surface area contributed by atoms with Crippen molar-refractivity contribution in [2.45, 2.75) is 26.7 Å². The Bertz CT molecular complexity index is 609. The molecule has 0 saturated carbocycles. The standard InChI is InChI=1S/C17H23F2N3OS/c1-11(2)9-20-16(23)12-4-3-7-22(10-12)17(24)21-15-6-5-13(18)8-14(15)19/h5-6,8,11-12H,3-4,7,9-10H2,1-2H3,(H,20,23)(H,21,24). The molecule has 0 spiro atoms. The lowest BCUT2D eigenvalue weighted by atomic mass is 9.97. The van der Waals surface area contributed by atoms with Gasteiger partial charge in [0.15, 0.2) is 5.11 Å². The van der Waals surface area contributed by atoms with Crippen LogP contribution in [0.15, 0.2) is 18.2 Å². The fraction of sp³-hybridized carbons (Fsp3) is 0.529. The maximum atomic E-state index is 13.7. The minimum absolute atomic E-state index is 0.0316. The maximum absolute atomic E-state index is 13.7. The van der Waals surface area contributed by atoms with Gasteiger partial charge in [0.05, 0.1) is 11.6 Å². The third-order valence-corrected chi connectivity index (χ3v) is 4.30. The van der Waals surface area contributed by atoms with E-state index in [0.29, 0.717) is 30.7 Å². The molecule has 1 saturated heterocycles. The molecule has 1 aliphatic rings. The Balaban J connectivity index is 1.93. The predicted molar refractivity (Wildman–Crippen MR) is 94.7 cm³/mol. The lowest BCUT2D eigenvalue weighted by Crippen LogP contribution is -2.47. The summed E-state index contributed by atoms with van der Waals surface area (Å²) in [6, 6.07) is 3.30. The van der Waals surface area contributed by atoms with Gasteiger partial charge in [0.25, 0.3) is 0 Å². The second-order valence-corrected chi connectivity index (χ2v) is 6.87. The number of hydrogen-bond acceptors (Lipinski definition) is 2. The molecule has 1 unspecified atom stereocenters. The average Bonchev–Trinajstić information content (AvgIpc) is 2.55. The van der Waals surface area contributed by atoms with Crippen molar-refractivity contribution in [3.8, 4) is 0 Å². The van der Waals surface area contributed by atoms with Crippen molar-refractivity contribution in [2.24, 2.45) is 11.8 Å². The number of carbonyl (C=O) groups is 1. The quantitative estimate of drug-likeness (QED) is 0.815. The van der Waals surface area contributed by atoms with Gasteiger partial charge in [0.1, 0.15) is 11.6 Å². The Morgan fingerprint density at radius 3 is 2.83 bits per heavy atom. The SMILES string of the molecule is CC(C)CNC(=O)C1CCCN(C(=S)Nc2ccc(F)cc2F)C1. The Kier molecular flexibility index (Phi) is 6.48. The first-order valence-electron chi connectivity index (χ1n) is 8.15. The normalized spacial score (nSPS) is 17.7. The summed E-state index contributed by atoms with van der Waals surface area (Å²) in [5.41, 5.74) is 0.132. The number of likely N-dealkylation sites (tertiary alicyclic amines) is 1. The molecule has 1 aliphatic heterocycles. The van der Waals surface area contributed by atoms with Crippen molar-refractivity contribution in [3.63, 3.8) is 0 Å². The highest BCUT2D eigenvalue weighted by Crippen LogP contribution is 2.20. The molecule has 2 N–H and O–H groups in total. The minimum atomic E-state index is -0.694. The van der Waals surface area contributed by atoms with Crippen LogP contribution in [0.4, 0.5) is 14.5 Å². The van der Waals surface area contributed by atoms with E-state index < -0.39 is 11.6 Å². The van der Waals surface area contributed by atoms with Gasteiger partial charge in [0.2, 0.25) is 5.91 Å². The van der Waals surface area contributed by atoms with Gasteiger partial charge >= 0.3 is 0 Å². The number of piperidine rings is 1. The van der Waals surface area contributed by atoms with Crippen LogP contribution < -0.4 is 10.6 Å². The van der Waals surface area contributed by atoms with Crippen LogP contribution in [0.25, 0.3) is 0 Å². The average molecular weight is 355 g/mol. The highest BCUT2D eigenvalue weighted by atomic mass is 32.1. The van der Waals surface area contributed by atoms with Crippen LogP contribution in [0.3, 0.4) is 0 Å². The molecule has 0 bridgehead atoms. The number of nitrogens with one attached hydrogen (secondary N) is 2. The van der Waals surface area contributed by atoms with Gasteiger partial charge in [-0.05, 0) is 43.1 Å². The van der Waals surface area contributed by atoms with Crippen LogP contribution in [0.5, 0.6) is 0 Å². The summed E-state index contributed by atoms with van der Waals surface area (Å²) in [7, 11) is 0. The zero-order valence-corrected chi connectivity index (χ0v) is 14.8. The smallest absolute Gasteiger partial charge is 0.224 e. The zero-order chi connectivity index (χ0) is 17.7. The van der Waals surface area contributed by atoms with Gasteiger partial charge < -0.3 is 15.5 Å². The van der Waals surface area contributed by atoms with Crippen LogP contribution in [0, 0.1) is 23.5 Å². The van der Waals surface area contributed by atoms with Gasteiger partial charge in [-0.25, -0.2) is 8.78 Å². The van der Waals surface area contributed by atoms with Gasteiger partial charge in [-0.15, -0.1) is 0 Å². The molecule has 1 aromatic carbocycles. The first-order chi connectivity index (χ1) is 11.4. The summed E-state index contributed by atoms with van der Waals surface area (Å²) in [6.45, 7) is 5.95. The topological polar surface area (TPSA) is 44.4 Å². The zero-order valence-electron chi connectivity index (χ0n) is 13.9. The van der Waals surface area contributed by atoms with E-state index in [0.717, 1.165) is 18.9 Å². The van der Waals surface area contributed by atoms with Crippen molar-refractivity contribution in [1.29, 1.82) is 0 Å². The van der Waals surface area contributed by atoms with Crippen molar-refractivity contribution in [1.82, 2.24) is 10.2 Å². The third kappa shape index (κ3) is 5.12. The fourth-order valence-corrected chi connectivity index (χ4v) is 2.89. The monoisotopic (exact) mass is 355 g/mol. The second-order valence-electron chi connectivity index (χ2n) is 6.48. The third-order valence-electron chi connectivity index (χ3n) is 3.94. The number of amides is 1. The van der Waals surface area contributed by atoms with Crippen LogP contribution in [0.1, 0.15) is 26.7 Å². The van der Waals surface area contributed by atoms with Crippen molar-refractivity contribution in [3.05, 3.63) is 29.8 Å². The van der Waals surface area contributed by atoms with E-state index in [-0.39, 0.29) is 17.5 Å². The molecule has 1 fully saturated rings. The fourth-order valence-electron chi connectivity index (χ4n) is 2.61. The lowest BCUT2D eigenvalue weighted by molar-refractivity contribution is -0.126. The number of anilines is 1. The molecule has 4 nitrogen and oxygen atoms in total. The van der Waals surface area contributed by atoms with Crippen molar-refractivity contribution >= 4 is 28.9 Å². The van der Waals surface area contributed by atoms with Crippen molar-refractivity contribution < 1.29 is 13.6 Å². The molecule has 0 aliphatic carbocycles. The van der Waals surface area contributed by atoms with E-state index in [1.165, 1.54) is 12.1 Å². The molecule has 1 heterocycles. The lowest BCUT2D eigenvalue weighted by Gasteiger charge is -2.34. The number of thiocarbonyl (C=S) groups is 1. The van der Waals surface area contributed by atoms with E-state index in [4.69, 9.17) is 12.2 Å². The Morgan fingerprint density at radius 1 is 1.42 bits per heavy atom. The molecule has 2 rings (SSSR count). The highest BCUT2D eigenvalue weighted by Gasteiger charge is 2.27. The Morgan fingerprint density at radius 2 is 2.17 bits per heavy atom. The molecule has 24 heavy (non-hydrogen) atoms. The molecule has 7 heteroatoms. The summed E-state index contributed by atoms with van der Waals surface area (Å²) >= 11 is 5.32. The van der Waals surface area contributed by atoms with Gasteiger partial charge in [-0.3, -0.25) is 4.79 Å². The summed E-state index contributed by atoms with van der Waals surface area (Å²) in [6.07, 6.45) is 1.65. The van der Waals surface area contributed by atoms with Gasteiger partial charge in [-0.2, -0.15) is 0 Å². The number of nitrogens with zero attached hydrogens (tertiary/aromatic N) is 1. The van der Waals surface area contributed by atoms with Gasteiger partial charge in [-0.1, -0.05) is 13.8 Å². The van der Waals surface area contributed by atoms with Crippen LogP contribution in [-0.2, 0) is 4.79 Å². The Labute approximate surface area is 146 Å². The molecule has 0 radical (unpaired) electrons. The number of benzene rings is 1. The van der Waals surface area contributed by atoms with E-state index in [1.807, 2.05) is 18.7 Å². The Hall–Kier alpha value is -1.76. The largest absolute Gasteiger partial charge is 0.356 e. The molecule has 132 valence electrons. The van der Waals surface area contributed by atoms with Crippen LogP contribution in [0.2, 0.25) is 0 Å². The number of carbonyl (C=O) groups excluding carboxylic acids is 1. The van der Waals surface area contributed by atoms with E-state index >= 15 is 0 Å². The molecular weight excluding hydrogens is 332 g/mol. The predicted octanol–water partition coefficient (Wildman–Crippen LogP) is 3.15. The first kappa shape index (κ1) is 18.6. The molecule has 1 atom stereocenters. The van der Waals surface area contributed by atoms with Crippen LogP contribution in [-0.4, -0.2) is 35.6 Å². The van der Waals surface area contributed by atoms with Crippen molar-refractivity contribution in [2.75, 3.05) is 25.0 Å². The molecule has 1 aromatic rings. The summed E-state index contributed by atoms with van der Waals surface area (Å²) < 4.78 is 26.7. The summed E-state index contributed by atoms with van der Waals surface area (Å²) in [5.74, 6) is -1.03. The first-order valence-corrected chi connectivity index (χ1v) is 8.56. The number of halogens is 2. The maximum Gasteiger partial charge on any atom is 0.224 e. The number of hydrogen-bond donors (Lipinski definition) is 2. The van der Waals surface area contributed by atoms with E-state index in [9.17, 15) is 13.6 Å². The molecule has 1 amide bonds. The summed E-state index contributed by atoms with van der Waals surface area (Å²) in [4.78, 5) is 14.1. The molecular formula is C17H23F2N3OS. The minimum Gasteiger partial charge on any atom is -0.356 e. The second kappa shape index (κ2) is 8.37. The van der Waals surface area contributed by atoms with E-state index in [2.05, 4.69) is 10.6 Å². The van der Waals surface area contributed by atoms with Crippen LogP contribution >= 0.6 is 12.2 Å². The van der Waals surface area contributed by atoms with Gasteiger partial charge in [0, 0.05) is 25.7 Å².